The highest BCUT2D eigenvalue weighted by Gasteiger charge is 2.33. The lowest BCUT2D eigenvalue weighted by molar-refractivity contribution is -0.116. The van der Waals surface area contributed by atoms with E-state index in [9.17, 15) is 9.59 Å². The lowest BCUT2D eigenvalue weighted by Crippen LogP contribution is -2.31. The monoisotopic (exact) mass is 354 g/mol. The fourth-order valence-electron chi connectivity index (χ4n) is 2.88. The number of carbonyl (C=O) groups excluding carboxylic acids is 2. The maximum Gasteiger partial charge on any atom is 0.255 e. The number of amides is 2. The van der Waals surface area contributed by atoms with Crippen molar-refractivity contribution in [2.75, 3.05) is 24.4 Å². The van der Waals surface area contributed by atoms with E-state index in [1.807, 2.05) is 18.2 Å². The van der Waals surface area contributed by atoms with E-state index < -0.39 is 0 Å². The molecule has 136 valence electrons. The van der Waals surface area contributed by atoms with Gasteiger partial charge in [-0.05, 0) is 37.1 Å². The smallest absolute Gasteiger partial charge is 0.255 e. The first-order chi connectivity index (χ1) is 12.5. The molecule has 1 saturated carbocycles. The average molecular weight is 354 g/mol. The standard InChI is InChI=1S/C20H22N2O4/c1-13(23)22(15-8-9-15)19-7-5-4-6-18(19)21-20(24)14-10-16(25-2)12-17(11-14)26-3/h4-7,10-12,15H,8-9H2,1-3H3,(H,21,24). The Hall–Kier alpha value is -3.02. The summed E-state index contributed by atoms with van der Waals surface area (Å²) >= 11 is 0. The van der Waals surface area contributed by atoms with Crippen LogP contribution in [0.2, 0.25) is 0 Å². The topological polar surface area (TPSA) is 67.9 Å². The highest BCUT2D eigenvalue weighted by atomic mass is 16.5. The van der Waals surface area contributed by atoms with Crippen LogP contribution in [-0.2, 0) is 4.79 Å². The minimum Gasteiger partial charge on any atom is -0.497 e. The molecule has 0 bridgehead atoms. The second-order valence-electron chi connectivity index (χ2n) is 6.19. The molecule has 26 heavy (non-hydrogen) atoms. The molecular weight excluding hydrogens is 332 g/mol. The fourth-order valence-corrected chi connectivity index (χ4v) is 2.88. The zero-order valence-corrected chi connectivity index (χ0v) is 15.1. The summed E-state index contributed by atoms with van der Waals surface area (Å²) in [5.74, 6) is 0.739. The van der Waals surface area contributed by atoms with E-state index in [0.29, 0.717) is 28.4 Å². The third-order valence-electron chi connectivity index (χ3n) is 4.28. The summed E-state index contributed by atoms with van der Waals surface area (Å²) in [6.45, 7) is 1.55. The van der Waals surface area contributed by atoms with E-state index in [0.717, 1.165) is 12.8 Å². The molecule has 2 aromatic carbocycles. The fraction of sp³-hybridized carbons (Fsp3) is 0.300. The van der Waals surface area contributed by atoms with Crippen molar-refractivity contribution in [2.45, 2.75) is 25.8 Å². The van der Waals surface area contributed by atoms with Crippen LogP contribution in [0, 0.1) is 0 Å². The predicted octanol–water partition coefficient (Wildman–Crippen LogP) is 3.47. The Kier molecular flexibility index (Phi) is 5.11. The first kappa shape index (κ1) is 17.8. The number of ether oxygens (including phenoxy) is 2. The van der Waals surface area contributed by atoms with Gasteiger partial charge in [-0.15, -0.1) is 0 Å². The van der Waals surface area contributed by atoms with E-state index in [4.69, 9.17) is 9.47 Å². The minimum atomic E-state index is -0.297. The normalized spacial score (nSPS) is 13.0. The van der Waals surface area contributed by atoms with Crippen LogP contribution in [0.5, 0.6) is 11.5 Å². The van der Waals surface area contributed by atoms with Crippen LogP contribution in [0.3, 0.4) is 0 Å². The molecule has 1 N–H and O–H groups in total. The number of nitrogens with zero attached hydrogens (tertiary/aromatic N) is 1. The number of hydrogen-bond acceptors (Lipinski definition) is 4. The van der Waals surface area contributed by atoms with Crippen molar-refractivity contribution in [3.8, 4) is 11.5 Å². The minimum absolute atomic E-state index is 0.0303. The summed E-state index contributed by atoms with van der Waals surface area (Å²) in [7, 11) is 3.07. The van der Waals surface area contributed by atoms with Crippen molar-refractivity contribution < 1.29 is 19.1 Å². The number of nitrogens with one attached hydrogen (secondary N) is 1. The van der Waals surface area contributed by atoms with Gasteiger partial charge in [0.05, 0.1) is 25.6 Å². The Labute approximate surface area is 152 Å². The van der Waals surface area contributed by atoms with Gasteiger partial charge in [-0.25, -0.2) is 0 Å². The van der Waals surface area contributed by atoms with Gasteiger partial charge in [-0.2, -0.15) is 0 Å². The Morgan fingerprint density at radius 1 is 1.04 bits per heavy atom. The number of hydrogen-bond donors (Lipinski definition) is 1. The molecule has 1 fully saturated rings. The van der Waals surface area contributed by atoms with Gasteiger partial charge >= 0.3 is 0 Å². The maximum atomic E-state index is 12.8. The number of rotatable bonds is 6. The van der Waals surface area contributed by atoms with Crippen molar-refractivity contribution in [2.24, 2.45) is 0 Å². The molecule has 2 aromatic rings. The summed E-state index contributed by atoms with van der Waals surface area (Å²) in [5, 5.41) is 2.90. The van der Waals surface area contributed by atoms with Gasteiger partial charge in [-0.3, -0.25) is 9.59 Å². The van der Waals surface area contributed by atoms with Crippen molar-refractivity contribution in [3.63, 3.8) is 0 Å². The Bertz CT molecular complexity index is 808. The third kappa shape index (κ3) is 3.79. The van der Waals surface area contributed by atoms with Crippen LogP contribution in [0.1, 0.15) is 30.1 Å². The Morgan fingerprint density at radius 3 is 2.19 bits per heavy atom. The molecule has 0 heterocycles. The molecule has 2 amide bonds. The van der Waals surface area contributed by atoms with Gasteiger partial charge in [0, 0.05) is 24.6 Å². The van der Waals surface area contributed by atoms with Gasteiger partial charge in [0.25, 0.3) is 5.91 Å². The molecular formula is C20H22N2O4. The SMILES string of the molecule is COc1cc(OC)cc(C(=O)Nc2ccccc2N(C(C)=O)C2CC2)c1. The van der Waals surface area contributed by atoms with Crippen molar-refractivity contribution >= 4 is 23.2 Å². The van der Waals surface area contributed by atoms with Crippen molar-refractivity contribution in [1.82, 2.24) is 0 Å². The molecule has 1 aliphatic rings. The second-order valence-corrected chi connectivity index (χ2v) is 6.19. The molecule has 1 aliphatic carbocycles. The summed E-state index contributed by atoms with van der Waals surface area (Å²) in [4.78, 5) is 26.6. The largest absolute Gasteiger partial charge is 0.497 e. The predicted molar refractivity (Wildman–Crippen MR) is 100 cm³/mol. The van der Waals surface area contributed by atoms with Gasteiger partial charge < -0.3 is 19.7 Å². The zero-order chi connectivity index (χ0) is 18.7. The number of carbonyl (C=O) groups is 2. The first-order valence-corrected chi connectivity index (χ1v) is 8.46. The molecule has 0 aromatic heterocycles. The van der Waals surface area contributed by atoms with E-state index in [2.05, 4.69) is 5.32 Å². The van der Waals surface area contributed by atoms with Crippen LogP contribution >= 0.6 is 0 Å². The third-order valence-corrected chi connectivity index (χ3v) is 4.28. The molecule has 0 saturated heterocycles. The highest BCUT2D eigenvalue weighted by molar-refractivity contribution is 6.08. The second kappa shape index (κ2) is 7.47. The van der Waals surface area contributed by atoms with Crippen molar-refractivity contribution in [3.05, 3.63) is 48.0 Å². The molecule has 3 rings (SSSR count). The average Bonchev–Trinajstić information content (AvgIpc) is 3.47. The molecule has 0 radical (unpaired) electrons. The number of benzene rings is 2. The number of methoxy groups -OCH3 is 2. The van der Waals surface area contributed by atoms with E-state index in [1.165, 1.54) is 14.2 Å². The summed E-state index contributed by atoms with van der Waals surface area (Å²) < 4.78 is 10.4. The Morgan fingerprint density at radius 2 is 1.65 bits per heavy atom. The Balaban J connectivity index is 1.90. The van der Waals surface area contributed by atoms with Crippen molar-refractivity contribution in [1.29, 1.82) is 0 Å². The van der Waals surface area contributed by atoms with Gasteiger partial charge in [0.15, 0.2) is 0 Å². The highest BCUT2D eigenvalue weighted by Crippen LogP contribution is 2.36. The lowest BCUT2D eigenvalue weighted by Gasteiger charge is -2.24. The lowest BCUT2D eigenvalue weighted by atomic mass is 10.1. The number of anilines is 2. The van der Waals surface area contributed by atoms with Gasteiger partial charge in [0.1, 0.15) is 11.5 Å². The molecule has 6 nitrogen and oxygen atoms in total. The van der Waals surface area contributed by atoms with Crippen LogP contribution in [0.25, 0.3) is 0 Å². The van der Waals surface area contributed by atoms with E-state index in [-0.39, 0.29) is 17.9 Å². The maximum absolute atomic E-state index is 12.8. The summed E-state index contributed by atoms with van der Waals surface area (Å²) in [6, 6.07) is 12.5. The van der Waals surface area contributed by atoms with Gasteiger partial charge in [0.2, 0.25) is 5.91 Å². The van der Waals surface area contributed by atoms with Crippen LogP contribution in [0.15, 0.2) is 42.5 Å². The van der Waals surface area contributed by atoms with Crippen LogP contribution < -0.4 is 19.7 Å². The van der Waals surface area contributed by atoms with Crippen LogP contribution in [-0.4, -0.2) is 32.1 Å². The molecule has 0 aliphatic heterocycles. The van der Waals surface area contributed by atoms with E-state index >= 15 is 0 Å². The van der Waals surface area contributed by atoms with E-state index in [1.54, 1.807) is 36.1 Å². The van der Waals surface area contributed by atoms with Gasteiger partial charge in [-0.1, -0.05) is 12.1 Å². The summed E-state index contributed by atoms with van der Waals surface area (Å²) in [6.07, 6.45) is 1.96. The molecule has 0 spiro atoms. The summed E-state index contributed by atoms with van der Waals surface area (Å²) in [5.41, 5.74) is 1.73. The molecule has 0 unspecified atom stereocenters. The zero-order valence-electron chi connectivity index (χ0n) is 15.1. The first-order valence-electron chi connectivity index (χ1n) is 8.46. The quantitative estimate of drug-likeness (QED) is 0.862. The number of para-hydroxylation sites is 2. The molecule has 6 heteroatoms. The van der Waals surface area contributed by atoms with Crippen LogP contribution in [0.4, 0.5) is 11.4 Å². The molecule has 0 atom stereocenters.